The zero-order valence-electron chi connectivity index (χ0n) is 15.8. The van der Waals surface area contributed by atoms with Gasteiger partial charge in [0.25, 0.3) is 5.91 Å². The molecule has 4 heteroatoms. The van der Waals surface area contributed by atoms with Crippen LogP contribution in [-0.2, 0) is 0 Å². The summed E-state index contributed by atoms with van der Waals surface area (Å²) in [6.45, 7) is 1.56. The molecule has 1 saturated heterocycles. The number of carbonyl (C=O) groups excluding carboxylic acids is 1. The maximum atomic E-state index is 12.9. The Labute approximate surface area is 165 Å². The van der Waals surface area contributed by atoms with E-state index in [1.54, 1.807) is 24.4 Å². The van der Waals surface area contributed by atoms with E-state index < -0.39 is 0 Å². The molecule has 0 unspecified atom stereocenters. The molecule has 4 rings (SSSR count). The van der Waals surface area contributed by atoms with Crippen molar-refractivity contribution in [2.45, 2.75) is 25.2 Å². The maximum Gasteiger partial charge on any atom is 0.255 e. The van der Waals surface area contributed by atoms with Gasteiger partial charge in [0.1, 0.15) is 5.75 Å². The Hall–Kier alpha value is -3.14. The summed E-state index contributed by atoms with van der Waals surface area (Å²) in [6.07, 6.45) is 4.76. The van der Waals surface area contributed by atoms with E-state index in [0.29, 0.717) is 11.5 Å². The fourth-order valence-electron chi connectivity index (χ4n) is 3.90. The standard InChI is InChI=1S/C24H24N2O2/c27-22-10-4-8-20(16-22)23-12-11-21(17-25-23)24(28)26-14-5-9-19(13-15-26)18-6-2-1-3-7-18/h1-4,6-8,10-12,16-17,19,27H,5,9,13-15H2/t19-/m0/s1. The summed E-state index contributed by atoms with van der Waals surface area (Å²) < 4.78 is 0. The molecule has 28 heavy (non-hydrogen) atoms. The van der Waals surface area contributed by atoms with Crippen LogP contribution in [0, 0.1) is 0 Å². The first-order chi connectivity index (χ1) is 13.7. The largest absolute Gasteiger partial charge is 0.508 e. The molecule has 1 N–H and O–H groups in total. The fraction of sp³-hybridized carbons (Fsp3) is 0.250. The number of aromatic nitrogens is 1. The molecule has 1 fully saturated rings. The minimum absolute atomic E-state index is 0.0451. The molecule has 0 aliphatic carbocycles. The lowest BCUT2D eigenvalue weighted by Gasteiger charge is -2.21. The van der Waals surface area contributed by atoms with Gasteiger partial charge in [0.2, 0.25) is 0 Å². The Kier molecular flexibility index (Phi) is 5.38. The quantitative estimate of drug-likeness (QED) is 0.714. The smallest absolute Gasteiger partial charge is 0.255 e. The van der Waals surface area contributed by atoms with Gasteiger partial charge in [-0.1, -0.05) is 42.5 Å². The van der Waals surface area contributed by atoms with E-state index in [-0.39, 0.29) is 11.7 Å². The Morgan fingerprint density at radius 2 is 1.82 bits per heavy atom. The van der Waals surface area contributed by atoms with Crippen molar-refractivity contribution in [3.8, 4) is 17.0 Å². The van der Waals surface area contributed by atoms with E-state index in [1.807, 2.05) is 29.2 Å². The van der Waals surface area contributed by atoms with Crippen molar-refractivity contribution >= 4 is 5.91 Å². The summed E-state index contributed by atoms with van der Waals surface area (Å²) in [7, 11) is 0. The van der Waals surface area contributed by atoms with Gasteiger partial charge in [-0.2, -0.15) is 0 Å². The number of phenols is 1. The van der Waals surface area contributed by atoms with E-state index in [0.717, 1.165) is 43.6 Å². The van der Waals surface area contributed by atoms with Crippen molar-refractivity contribution in [1.29, 1.82) is 0 Å². The summed E-state index contributed by atoms with van der Waals surface area (Å²) in [5.74, 6) is 0.769. The van der Waals surface area contributed by atoms with Crippen LogP contribution >= 0.6 is 0 Å². The van der Waals surface area contributed by atoms with Crippen LogP contribution in [-0.4, -0.2) is 34.0 Å². The van der Waals surface area contributed by atoms with Crippen molar-refractivity contribution in [3.05, 3.63) is 84.1 Å². The molecule has 142 valence electrons. The number of aromatic hydroxyl groups is 1. The molecule has 0 saturated carbocycles. The fourth-order valence-corrected chi connectivity index (χ4v) is 3.90. The second-order valence-electron chi connectivity index (χ2n) is 7.31. The van der Waals surface area contributed by atoms with Gasteiger partial charge in [-0.15, -0.1) is 0 Å². The first-order valence-corrected chi connectivity index (χ1v) is 9.80. The number of nitrogens with zero attached hydrogens (tertiary/aromatic N) is 2. The number of carbonyl (C=O) groups is 1. The van der Waals surface area contributed by atoms with E-state index in [4.69, 9.17) is 0 Å². The third-order valence-corrected chi connectivity index (χ3v) is 5.44. The number of pyridine rings is 1. The first kappa shape index (κ1) is 18.2. The molecule has 1 aliphatic heterocycles. The third-order valence-electron chi connectivity index (χ3n) is 5.44. The van der Waals surface area contributed by atoms with Crippen LogP contribution < -0.4 is 0 Å². The van der Waals surface area contributed by atoms with Crippen molar-refractivity contribution in [3.63, 3.8) is 0 Å². The summed E-state index contributed by atoms with van der Waals surface area (Å²) in [5.41, 5.74) is 3.56. The van der Waals surface area contributed by atoms with E-state index in [1.165, 1.54) is 5.56 Å². The molecule has 1 aliphatic rings. The molecule has 0 bridgehead atoms. The van der Waals surface area contributed by atoms with Crippen LogP contribution in [0.4, 0.5) is 0 Å². The van der Waals surface area contributed by atoms with E-state index in [2.05, 4.69) is 29.2 Å². The van der Waals surface area contributed by atoms with Gasteiger partial charge >= 0.3 is 0 Å². The second kappa shape index (κ2) is 8.26. The average molecular weight is 372 g/mol. The van der Waals surface area contributed by atoms with Gasteiger partial charge in [-0.25, -0.2) is 0 Å². The lowest BCUT2D eigenvalue weighted by atomic mass is 9.92. The summed E-state index contributed by atoms with van der Waals surface area (Å²) in [5, 5.41) is 9.63. The minimum atomic E-state index is 0.0451. The molecule has 0 spiro atoms. The molecule has 1 atom stereocenters. The molecule has 2 heterocycles. The number of benzene rings is 2. The van der Waals surface area contributed by atoms with Crippen molar-refractivity contribution < 1.29 is 9.90 Å². The lowest BCUT2D eigenvalue weighted by Crippen LogP contribution is -2.32. The summed E-state index contributed by atoms with van der Waals surface area (Å²) in [6, 6.07) is 21.2. The number of hydrogen-bond donors (Lipinski definition) is 1. The van der Waals surface area contributed by atoms with Gasteiger partial charge in [0, 0.05) is 24.8 Å². The lowest BCUT2D eigenvalue weighted by molar-refractivity contribution is 0.0760. The highest BCUT2D eigenvalue weighted by molar-refractivity contribution is 5.94. The number of hydrogen-bond acceptors (Lipinski definition) is 3. The normalized spacial score (nSPS) is 17.1. The van der Waals surface area contributed by atoms with E-state index in [9.17, 15) is 9.90 Å². The third kappa shape index (κ3) is 4.06. The summed E-state index contributed by atoms with van der Waals surface area (Å²) in [4.78, 5) is 19.3. The van der Waals surface area contributed by atoms with Crippen LogP contribution in [0.25, 0.3) is 11.3 Å². The molecule has 4 nitrogen and oxygen atoms in total. The van der Waals surface area contributed by atoms with E-state index >= 15 is 0 Å². The van der Waals surface area contributed by atoms with Crippen molar-refractivity contribution in [2.24, 2.45) is 0 Å². The molecular formula is C24H24N2O2. The highest BCUT2D eigenvalue weighted by atomic mass is 16.3. The zero-order chi connectivity index (χ0) is 19.3. The number of phenolic OH excluding ortho intramolecular Hbond substituents is 1. The predicted molar refractivity (Wildman–Crippen MR) is 110 cm³/mol. The molecule has 1 amide bonds. The van der Waals surface area contributed by atoms with Crippen LogP contribution in [0.2, 0.25) is 0 Å². The number of amides is 1. The highest BCUT2D eigenvalue weighted by Crippen LogP contribution is 2.28. The van der Waals surface area contributed by atoms with Gasteiger partial charge < -0.3 is 10.0 Å². The van der Waals surface area contributed by atoms with Gasteiger partial charge in [0.15, 0.2) is 0 Å². The maximum absolute atomic E-state index is 12.9. The first-order valence-electron chi connectivity index (χ1n) is 9.80. The van der Waals surface area contributed by atoms with Crippen molar-refractivity contribution in [2.75, 3.05) is 13.1 Å². The predicted octanol–water partition coefficient (Wildman–Crippen LogP) is 4.86. The van der Waals surface area contributed by atoms with Gasteiger partial charge in [-0.3, -0.25) is 9.78 Å². The highest BCUT2D eigenvalue weighted by Gasteiger charge is 2.22. The topological polar surface area (TPSA) is 53.4 Å². The molecule has 0 radical (unpaired) electrons. The Morgan fingerprint density at radius 3 is 2.57 bits per heavy atom. The van der Waals surface area contributed by atoms with Crippen LogP contribution in [0.1, 0.15) is 41.1 Å². The second-order valence-corrected chi connectivity index (χ2v) is 7.31. The van der Waals surface area contributed by atoms with Crippen LogP contribution in [0.5, 0.6) is 5.75 Å². The van der Waals surface area contributed by atoms with Gasteiger partial charge in [-0.05, 0) is 55.0 Å². The van der Waals surface area contributed by atoms with Crippen LogP contribution in [0.3, 0.4) is 0 Å². The number of likely N-dealkylation sites (tertiary alicyclic amines) is 1. The molecule has 3 aromatic rings. The minimum Gasteiger partial charge on any atom is -0.508 e. The Bertz CT molecular complexity index is 938. The molecule has 2 aromatic carbocycles. The Morgan fingerprint density at radius 1 is 0.964 bits per heavy atom. The van der Waals surface area contributed by atoms with Crippen molar-refractivity contribution in [1.82, 2.24) is 9.88 Å². The molecule has 1 aromatic heterocycles. The Balaban J connectivity index is 1.44. The number of rotatable bonds is 3. The molecular weight excluding hydrogens is 348 g/mol. The summed E-state index contributed by atoms with van der Waals surface area (Å²) >= 11 is 0. The average Bonchev–Trinajstić information content (AvgIpc) is 3.00. The zero-order valence-corrected chi connectivity index (χ0v) is 15.8. The monoisotopic (exact) mass is 372 g/mol. The van der Waals surface area contributed by atoms with Crippen LogP contribution in [0.15, 0.2) is 72.9 Å². The SMILES string of the molecule is O=C(c1ccc(-c2cccc(O)c2)nc1)N1CCC[C@H](c2ccccc2)CC1. The van der Waals surface area contributed by atoms with Gasteiger partial charge in [0.05, 0.1) is 11.3 Å².